The van der Waals surface area contributed by atoms with Crippen LogP contribution < -0.4 is 10.6 Å². The van der Waals surface area contributed by atoms with E-state index in [1.807, 2.05) is 79.7 Å². The Morgan fingerprint density at radius 2 is 1.76 bits per heavy atom. The van der Waals surface area contributed by atoms with Crippen LogP contribution in [0.25, 0.3) is 0 Å². The van der Waals surface area contributed by atoms with Crippen molar-refractivity contribution in [2.45, 2.75) is 56.9 Å². The molecule has 2 heterocycles. The number of carbonyl (C=O) groups excluding carboxylic acids is 1. The van der Waals surface area contributed by atoms with E-state index in [1.54, 1.807) is 0 Å². The fraction of sp³-hybridized carbons (Fsp3) is 0.406. The summed E-state index contributed by atoms with van der Waals surface area (Å²) in [4.78, 5) is 14.4. The predicted molar refractivity (Wildman–Crippen MR) is 159 cm³/mol. The molecule has 2 amide bonds. The highest BCUT2D eigenvalue weighted by molar-refractivity contribution is 6.30. The summed E-state index contributed by atoms with van der Waals surface area (Å²) in [5, 5.41) is 27.1. The van der Waals surface area contributed by atoms with E-state index in [0.717, 1.165) is 35.3 Å². The van der Waals surface area contributed by atoms with Crippen LogP contribution in [-0.4, -0.2) is 53.4 Å². The number of nitrogens with zero attached hydrogens (tertiary/aromatic N) is 1. The number of ether oxygens (including phenoxy) is 2. The molecule has 0 spiro atoms. The molecule has 3 atom stereocenters. The number of nitrogens with one attached hydrogen (secondary N) is 2. The van der Waals surface area contributed by atoms with Crippen molar-refractivity contribution in [3.05, 3.63) is 100 Å². The molecule has 5 rings (SSSR count). The van der Waals surface area contributed by atoms with E-state index < -0.39 is 11.9 Å². The van der Waals surface area contributed by atoms with Crippen LogP contribution in [0, 0.1) is 0 Å². The smallest absolute Gasteiger partial charge is 0.319 e. The maximum Gasteiger partial charge on any atom is 0.319 e. The molecule has 41 heavy (non-hydrogen) atoms. The van der Waals surface area contributed by atoms with Crippen molar-refractivity contribution in [1.82, 2.24) is 10.2 Å². The molecule has 9 heteroatoms. The molecule has 218 valence electrons. The average Bonchev–Trinajstić information content (AvgIpc) is 2.99. The molecule has 0 aliphatic carbocycles. The number of urea groups is 1. The molecule has 1 unspecified atom stereocenters. The summed E-state index contributed by atoms with van der Waals surface area (Å²) < 4.78 is 13.0. The third-order valence-electron chi connectivity index (χ3n) is 7.90. The van der Waals surface area contributed by atoms with Gasteiger partial charge in [0.1, 0.15) is 0 Å². The second-order valence-electron chi connectivity index (χ2n) is 10.8. The zero-order valence-corrected chi connectivity index (χ0v) is 24.0. The molecule has 2 fully saturated rings. The van der Waals surface area contributed by atoms with Crippen molar-refractivity contribution in [2.75, 3.05) is 31.5 Å². The number of piperidine rings is 1. The second kappa shape index (κ2) is 13.3. The summed E-state index contributed by atoms with van der Waals surface area (Å²) in [6.07, 6.45) is 0.981. The Morgan fingerprint density at radius 1 is 1.02 bits per heavy atom. The van der Waals surface area contributed by atoms with Gasteiger partial charge in [-0.05, 0) is 60.7 Å². The Morgan fingerprint density at radius 3 is 2.44 bits per heavy atom. The molecule has 4 N–H and O–H groups in total. The van der Waals surface area contributed by atoms with Crippen molar-refractivity contribution >= 4 is 23.3 Å². The van der Waals surface area contributed by atoms with E-state index in [0.29, 0.717) is 43.1 Å². The number of hydrogen-bond donors (Lipinski definition) is 4. The average molecular weight is 580 g/mol. The lowest BCUT2D eigenvalue weighted by atomic mass is 9.84. The van der Waals surface area contributed by atoms with Gasteiger partial charge >= 0.3 is 6.03 Å². The van der Waals surface area contributed by atoms with Crippen LogP contribution in [0.2, 0.25) is 5.02 Å². The molecule has 2 saturated heterocycles. The van der Waals surface area contributed by atoms with E-state index in [4.69, 9.17) is 21.1 Å². The highest BCUT2D eigenvalue weighted by Gasteiger charge is 2.37. The Bertz CT molecular complexity index is 1300. The molecule has 8 nitrogen and oxygen atoms in total. The zero-order valence-electron chi connectivity index (χ0n) is 23.3. The zero-order chi connectivity index (χ0) is 28.8. The maximum absolute atomic E-state index is 12.1. The van der Waals surface area contributed by atoms with Crippen molar-refractivity contribution in [1.29, 1.82) is 0 Å². The number of aliphatic hydroxyl groups excluding tert-OH is 1. The van der Waals surface area contributed by atoms with Gasteiger partial charge in [-0.15, -0.1) is 0 Å². The van der Waals surface area contributed by atoms with Crippen LogP contribution in [-0.2, 0) is 21.7 Å². The molecule has 0 aromatic heterocycles. The highest BCUT2D eigenvalue weighted by atomic mass is 35.5. The summed E-state index contributed by atoms with van der Waals surface area (Å²) in [5.74, 6) is 0. The highest BCUT2D eigenvalue weighted by Crippen LogP contribution is 2.40. The van der Waals surface area contributed by atoms with Gasteiger partial charge in [-0.1, -0.05) is 60.1 Å². The SMILES string of the molecule is CCNC(=O)Nc1cccc(C2O[C@H](CN3CCC(O)(c4ccc(Cl)cc4)CC3)C[C@H](c3ccc(CO)cc3)O2)c1. The van der Waals surface area contributed by atoms with Crippen molar-refractivity contribution in [3.8, 4) is 0 Å². The Hall–Kier alpha value is -2.98. The number of likely N-dealkylation sites (tertiary alicyclic amines) is 1. The van der Waals surface area contributed by atoms with Crippen LogP contribution in [0.5, 0.6) is 0 Å². The molecule has 3 aromatic carbocycles. The Labute approximate surface area is 246 Å². The van der Waals surface area contributed by atoms with E-state index in [9.17, 15) is 15.0 Å². The van der Waals surface area contributed by atoms with Gasteiger partial charge in [0.15, 0.2) is 6.29 Å². The number of carbonyl (C=O) groups is 1. The lowest BCUT2D eigenvalue weighted by Gasteiger charge is -2.42. The van der Waals surface area contributed by atoms with Gasteiger partial charge in [0.05, 0.1) is 24.4 Å². The molecule has 0 radical (unpaired) electrons. The van der Waals surface area contributed by atoms with Crippen LogP contribution in [0.4, 0.5) is 10.5 Å². The van der Waals surface area contributed by atoms with Crippen LogP contribution in [0.1, 0.15) is 60.8 Å². The van der Waals surface area contributed by atoms with Crippen molar-refractivity contribution in [3.63, 3.8) is 0 Å². The number of amides is 2. The van der Waals surface area contributed by atoms with E-state index in [1.165, 1.54) is 0 Å². The molecule has 2 aliphatic rings. The Kier molecular flexibility index (Phi) is 9.60. The molecule has 2 aliphatic heterocycles. The van der Waals surface area contributed by atoms with Crippen LogP contribution in [0.15, 0.2) is 72.8 Å². The van der Waals surface area contributed by atoms with Crippen molar-refractivity contribution in [2.24, 2.45) is 0 Å². The number of anilines is 1. The third kappa shape index (κ3) is 7.46. The number of aliphatic hydroxyl groups is 2. The summed E-state index contributed by atoms with van der Waals surface area (Å²) in [7, 11) is 0. The van der Waals surface area contributed by atoms with Gasteiger partial charge in [-0.2, -0.15) is 0 Å². The first-order valence-electron chi connectivity index (χ1n) is 14.2. The van der Waals surface area contributed by atoms with Crippen LogP contribution in [0.3, 0.4) is 0 Å². The maximum atomic E-state index is 12.1. The summed E-state index contributed by atoms with van der Waals surface area (Å²) in [6.45, 7) is 4.58. The molecule has 0 bridgehead atoms. The number of rotatable bonds is 8. The predicted octanol–water partition coefficient (Wildman–Crippen LogP) is 5.50. The summed E-state index contributed by atoms with van der Waals surface area (Å²) >= 11 is 6.05. The molecular weight excluding hydrogens is 542 g/mol. The summed E-state index contributed by atoms with van der Waals surface area (Å²) in [6, 6.07) is 22.5. The van der Waals surface area contributed by atoms with E-state index in [2.05, 4.69) is 15.5 Å². The number of hydrogen-bond acceptors (Lipinski definition) is 6. The first-order chi connectivity index (χ1) is 19.8. The van der Waals surface area contributed by atoms with Crippen molar-refractivity contribution < 1.29 is 24.5 Å². The largest absolute Gasteiger partial charge is 0.392 e. The Balaban J connectivity index is 1.30. The lowest BCUT2D eigenvalue weighted by Crippen LogP contribution is -2.46. The van der Waals surface area contributed by atoms with Gasteiger partial charge in [0, 0.05) is 48.9 Å². The fourth-order valence-electron chi connectivity index (χ4n) is 5.57. The normalized spacial score (nSPS) is 22.7. The van der Waals surface area contributed by atoms with Gasteiger partial charge in [-0.25, -0.2) is 4.79 Å². The lowest BCUT2D eigenvalue weighted by molar-refractivity contribution is -0.253. The summed E-state index contributed by atoms with van der Waals surface area (Å²) in [5.41, 5.74) is 3.37. The fourth-order valence-corrected chi connectivity index (χ4v) is 5.70. The minimum atomic E-state index is -0.866. The van der Waals surface area contributed by atoms with E-state index in [-0.39, 0.29) is 24.8 Å². The minimum Gasteiger partial charge on any atom is -0.392 e. The molecule has 0 saturated carbocycles. The minimum absolute atomic E-state index is 0.0110. The number of halogens is 1. The van der Waals surface area contributed by atoms with Gasteiger partial charge in [0.2, 0.25) is 0 Å². The van der Waals surface area contributed by atoms with E-state index >= 15 is 0 Å². The first kappa shape index (κ1) is 29.5. The second-order valence-corrected chi connectivity index (χ2v) is 11.2. The quantitative estimate of drug-likeness (QED) is 0.281. The molecular formula is C32H38ClN3O5. The van der Waals surface area contributed by atoms with Gasteiger partial charge < -0.3 is 35.2 Å². The third-order valence-corrected chi connectivity index (χ3v) is 8.15. The topological polar surface area (TPSA) is 103 Å². The molecule has 3 aromatic rings. The standard InChI is InChI=1S/C32H38ClN3O5/c1-2-34-31(38)35-27-5-3-4-24(18-27)30-40-28(19-29(41-30)23-8-6-22(21-37)7-9-23)20-36-16-14-32(39,15-17-36)25-10-12-26(33)13-11-25/h3-13,18,28-30,37,39H,2,14-17,19-21H2,1H3,(H2,34,35,38)/t28-,29+,30?/m0/s1. The first-order valence-corrected chi connectivity index (χ1v) is 14.6. The number of benzene rings is 3. The van der Waals surface area contributed by atoms with Gasteiger partial charge in [-0.3, -0.25) is 0 Å². The van der Waals surface area contributed by atoms with Gasteiger partial charge in [0.25, 0.3) is 0 Å². The van der Waals surface area contributed by atoms with Crippen LogP contribution >= 0.6 is 11.6 Å². The monoisotopic (exact) mass is 579 g/mol.